The van der Waals surface area contributed by atoms with Gasteiger partial charge in [-0.1, -0.05) is 27.7 Å². The number of hydrogen-bond acceptors (Lipinski definition) is 1. The quantitative estimate of drug-likeness (QED) is 0.717. The Morgan fingerprint density at radius 3 is 2.65 bits per heavy atom. The molecule has 17 heavy (non-hydrogen) atoms. The molecule has 0 amide bonds. The first-order valence-corrected chi connectivity index (χ1v) is 7.09. The standard InChI is InChI=1S/C16H29N/c1-6-7-14-10-16(4,5)9-8-15(14)12-17-11-13(2)3/h1,13-15,17H,7-12H2,2-5H3. The van der Waals surface area contributed by atoms with Crippen molar-refractivity contribution in [3.8, 4) is 12.3 Å². The zero-order valence-corrected chi connectivity index (χ0v) is 12.1. The molecule has 1 fully saturated rings. The van der Waals surface area contributed by atoms with Crippen LogP contribution in [0.25, 0.3) is 0 Å². The predicted octanol–water partition coefficient (Wildman–Crippen LogP) is 3.70. The van der Waals surface area contributed by atoms with Crippen LogP contribution in [0.1, 0.15) is 53.4 Å². The molecule has 0 aromatic carbocycles. The van der Waals surface area contributed by atoms with Crippen LogP contribution < -0.4 is 5.32 Å². The molecule has 1 aliphatic carbocycles. The van der Waals surface area contributed by atoms with E-state index in [4.69, 9.17) is 6.42 Å². The summed E-state index contributed by atoms with van der Waals surface area (Å²) in [5.74, 6) is 5.13. The largest absolute Gasteiger partial charge is 0.316 e. The van der Waals surface area contributed by atoms with Gasteiger partial charge in [0.05, 0.1) is 0 Å². The van der Waals surface area contributed by atoms with E-state index in [0.717, 1.165) is 37.3 Å². The van der Waals surface area contributed by atoms with E-state index in [1.54, 1.807) is 0 Å². The third kappa shape index (κ3) is 5.13. The summed E-state index contributed by atoms with van der Waals surface area (Å²) in [5, 5.41) is 3.60. The first-order chi connectivity index (χ1) is 7.94. The Kier molecular flexibility index (Phi) is 5.53. The molecule has 1 nitrogen and oxygen atoms in total. The zero-order valence-electron chi connectivity index (χ0n) is 12.1. The SMILES string of the molecule is C#CCC1CC(C)(C)CCC1CNCC(C)C. The van der Waals surface area contributed by atoms with Gasteiger partial charge >= 0.3 is 0 Å². The molecule has 0 saturated heterocycles. The van der Waals surface area contributed by atoms with Gasteiger partial charge < -0.3 is 5.32 Å². The molecule has 0 aromatic rings. The van der Waals surface area contributed by atoms with Crippen LogP contribution in [0.15, 0.2) is 0 Å². The van der Waals surface area contributed by atoms with Gasteiger partial charge in [0.2, 0.25) is 0 Å². The van der Waals surface area contributed by atoms with E-state index in [1.807, 2.05) is 0 Å². The summed E-state index contributed by atoms with van der Waals surface area (Å²) < 4.78 is 0. The van der Waals surface area contributed by atoms with Crippen molar-refractivity contribution in [3.05, 3.63) is 0 Å². The summed E-state index contributed by atoms with van der Waals surface area (Å²) in [5.41, 5.74) is 0.496. The molecule has 1 N–H and O–H groups in total. The van der Waals surface area contributed by atoms with Gasteiger partial charge in [-0.05, 0) is 55.5 Å². The molecule has 0 bridgehead atoms. The van der Waals surface area contributed by atoms with Crippen molar-refractivity contribution in [1.29, 1.82) is 0 Å². The molecule has 1 rings (SSSR count). The van der Waals surface area contributed by atoms with Crippen molar-refractivity contribution in [2.75, 3.05) is 13.1 Å². The fraction of sp³-hybridized carbons (Fsp3) is 0.875. The lowest BCUT2D eigenvalue weighted by Crippen LogP contribution is -2.36. The van der Waals surface area contributed by atoms with Crippen LogP contribution in [-0.2, 0) is 0 Å². The first kappa shape index (κ1) is 14.6. The van der Waals surface area contributed by atoms with Gasteiger partial charge in [-0.25, -0.2) is 0 Å². The number of hydrogen-bond donors (Lipinski definition) is 1. The monoisotopic (exact) mass is 235 g/mol. The van der Waals surface area contributed by atoms with Gasteiger partial charge in [0, 0.05) is 6.42 Å². The summed E-state index contributed by atoms with van der Waals surface area (Å²) in [7, 11) is 0. The maximum absolute atomic E-state index is 5.52. The molecule has 0 heterocycles. The fourth-order valence-corrected chi connectivity index (χ4v) is 3.01. The highest BCUT2D eigenvalue weighted by atomic mass is 14.9. The van der Waals surface area contributed by atoms with E-state index in [1.165, 1.54) is 19.3 Å². The third-order valence-corrected chi connectivity index (χ3v) is 4.01. The Morgan fingerprint density at radius 1 is 1.35 bits per heavy atom. The van der Waals surface area contributed by atoms with E-state index in [-0.39, 0.29) is 0 Å². The van der Waals surface area contributed by atoms with E-state index < -0.39 is 0 Å². The molecule has 2 atom stereocenters. The van der Waals surface area contributed by atoms with Crippen molar-refractivity contribution in [2.45, 2.75) is 53.4 Å². The predicted molar refractivity (Wildman–Crippen MR) is 75.8 cm³/mol. The van der Waals surface area contributed by atoms with Gasteiger partial charge in [-0.2, -0.15) is 0 Å². The summed E-state index contributed by atoms with van der Waals surface area (Å²) >= 11 is 0. The van der Waals surface area contributed by atoms with Crippen LogP contribution in [0, 0.1) is 35.5 Å². The third-order valence-electron chi connectivity index (χ3n) is 4.01. The Labute approximate surface area is 108 Å². The number of nitrogens with one attached hydrogen (secondary N) is 1. The lowest BCUT2D eigenvalue weighted by atomic mass is 9.66. The minimum absolute atomic E-state index is 0.496. The molecule has 1 saturated carbocycles. The Balaban J connectivity index is 2.44. The molecule has 0 aromatic heterocycles. The van der Waals surface area contributed by atoms with Gasteiger partial charge in [0.15, 0.2) is 0 Å². The van der Waals surface area contributed by atoms with Gasteiger partial charge in [-0.15, -0.1) is 12.3 Å². The zero-order chi connectivity index (χ0) is 12.9. The van der Waals surface area contributed by atoms with E-state index in [2.05, 4.69) is 38.9 Å². The van der Waals surface area contributed by atoms with Crippen molar-refractivity contribution in [2.24, 2.45) is 23.2 Å². The molecular weight excluding hydrogens is 206 g/mol. The molecule has 0 radical (unpaired) electrons. The van der Waals surface area contributed by atoms with Gasteiger partial charge in [-0.3, -0.25) is 0 Å². The fourth-order valence-electron chi connectivity index (χ4n) is 3.01. The highest BCUT2D eigenvalue weighted by Gasteiger charge is 2.33. The van der Waals surface area contributed by atoms with E-state index in [0.29, 0.717) is 5.41 Å². The van der Waals surface area contributed by atoms with Crippen LogP contribution in [0.5, 0.6) is 0 Å². The highest BCUT2D eigenvalue weighted by Crippen LogP contribution is 2.42. The maximum Gasteiger partial charge on any atom is 0.0118 e. The molecule has 0 spiro atoms. The van der Waals surface area contributed by atoms with Crippen LogP contribution in [0.2, 0.25) is 0 Å². The molecular formula is C16H29N. The Hall–Kier alpha value is -0.480. The molecule has 0 aliphatic heterocycles. The van der Waals surface area contributed by atoms with Crippen LogP contribution in [0.3, 0.4) is 0 Å². The van der Waals surface area contributed by atoms with E-state index >= 15 is 0 Å². The van der Waals surface area contributed by atoms with E-state index in [9.17, 15) is 0 Å². The maximum atomic E-state index is 5.52. The van der Waals surface area contributed by atoms with Crippen LogP contribution in [0.4, 0.5) is 0 Å². The van der Waals surface area contributed by atoms with Gasteiger partial charge in [0.1, 0.15) is 0 Å². The van der Waals surface area contributed by atoms with Crippen molar-refractivity contribution >= 4 is 0 Å². The summed E-state index contributed by atoms with van der Waals surface area (Å²) in [4.78, 5) is 0. The second-order valence-corrected chi connectivity index (χ2v) is 6.89. The summed E-state index contributed by atoms with van der Waals surface area (Å²) in [6.07, 6.45) is 10.5. The molecule has 2 unspecified atom stereocenters. The number of rotatable bonds is 5. The van der Waals surface area contributed by atoms with Crippen molar-refractivity contribution in [1.82, 2.24) is 5.32 Å². The lowest BCUT2D eigenvalue weighted by molar-refractivity contribution is 0.118. The minimum atomic E-state index is 0.496. The second kappa shape index (κ2) is 6.45. The average molecular weight is 235 g/mol. The topological polar surface area (TPSA) is 12.0 Å². The molecule has 98 valence electrons. The number of terminal acetylenes is 1. The lowest BCUT2D eigenvalue weighted by Gasteiger charge is -2.40. The molecule has 1 aliphatic rings. The average Bonchev–Trinajstić information content (AvgIpc) is 2.20. The summed E-state index contributed by atoms with van der Waals surface area (Å²) in [6, 6.07) is 0. The van der Waals surface area contributed by atoms with Crippen molar-refractivity contribution < 1.29 is 0 Å². The van der Waals surface area contributed by atoms with Crippen LogP contribution >= 0.6 is 0 Å². The smallest absolute Gasteiger partial charge is 0.0118 e. The Morgan fingerprint density at radius 2 is 2.06 bits per heavy atom. The Bertz CT molecular complexity index is 259. The molecule has 1 heteroatoms. The minimum Gasteiger partial charge on any atom is -0.316 e. The van der Waals surface area contributed by atoms with Gasteiger partial charge in [0.25, 0.3) is 0 Å². The van der Waals surface area contributed by atoms with Crippen molar-refractivity contribution in [3.63, 3.8) is 0 Å². The highest BCUT2D eigenvalue weighted by molar-refractivity contribution is 4.94. The second-order valence-electron chi connectivity index (χ2n) is 6.89. The normalized spacial score (nSPS) is 28.0. The first-order valence-electron chi connectivity index (χ1n) is 7.09. The summed E-state index contributed by atoms with van der Waals surface area (Å²) in [6.45, 7) is 11.6. The van der Waals surface area contributed by atoms with Crippen LogP contribution in [-0.4, -0.2) is 13.1 Å².